The number of aliphatic hydroxyl groups is 1. The van der Waals surface area contributed by atoms with Crippen molar-refractivity contribution in [2.75, 3.05) is 0 Å². The smallest absolute Gasteiger partial charge is 0.0681 e. The summed E-state index contributed by atoms with van der Waals surface area (Å²) in [6, 6.07) is 11.2. The topological polar surface area (TPSA) is 71.2 Å². The number of hydrogen-bond donors (Lipinski definition) is 3. The van der Waals surface area contributed by atoms with E-state index in [1.165, 1.54) is 0 Å². The van der Waals surface area contributed by atoms with E-state index in [0.717, 1.165) is 11.1 Å². The first-order valence-corrected chi connectivity index (χ1v) is 7.27. The molecule has 21 heavy (non-hydrogen) atoms. The molecule has 1 aromatic carbocycles. The molecule has 0 aliphatic rings. The molecule has 0 aliphatic carbocycles. The van der Waals surface area contributed by atoms with E-state index in [2.05, 4.69) is 10.3 Å². The van der Waals surface area contributed by atoms with Crippen LogP contribution < -0.4 is 11.1 Å². The highest BCUT2D eigenvalue weighted by Crippen LogP contribution is 2.19. The Balaban J connectivity index is 2.13. The van der Waals surface area contributed by atoms with Crippen LogP contribution in [0.4, 0.5) is 0 Å². The maximum Gasteiger partial charge on any atom is 0.0681 e. The quantitative estimate of drug-likeness (QED) is 0.765. The number of rotatable bonds is 6. The molecule has 0 amide bonds. The summed E-state index contributed by atoms with van der Waals surface area (Å²) >= 11 is 5.94. The summed E-state index contributed by atoms with van der Waals surface area (Å²) in [6.45, 7) is 2.27. The van der Waals surface area contributed by atoms with Gasteiger partial charge in [-0.25, -0.2) is 0 Å². The maximum absolute atomic E-state index is 9.80. The molecule has 1 aromatic heterocycles. The number of hydrogen-bond acceptors (Lipinski definition) is 4. The van der Waals surface area contributed by atoms with Gasteiger partial charge in [0.1, 0.15) is 0 Å². The van der Waals surface area contributed by atoms with Gasteiger partial charge >= 0.3 is 0 Å². The van der Waals surface area contributed by atoms with Gasteiger partial charge in [0.2, 0.25) is 0 Å². The molecule has 4 N–H and O–H groups in total. The Bertz CT molecular complexity index is 562. The van der Waals surface area contributed by atoms with Gasteiger partial charge in [0.15, 0.2) is 0 Å². The lowest BCUT2D eigenvalue weighted by atomic mass is 9.96. The summed E-state index contributed by atoms with van der Waals surface area (Å²) in [7, 11) is 0. The zero-order chi connectivity index (χ0) is 15.2. The fourth-order valence-electron chi connectivity index (χ4n) is 2.20. The molecule has 2 rings (SSSR count). The van der Waals surface area contributed by atoms with E-state index in [9.17, 15) is 5.11 Å². The van der Waals surface area contributed by atoms with Crippen molar-refractivity contribution < 1.29 is 5.11 Å². The van der Waals surface area contributed by atoms with Gasteiger partial charge in [0, 0.05) is 25.0 Å². The van der Waals surface area contributed by atoms with Crippen LogP contribution >= 0.6 is 11.6 Å². The minimum absolute atomic E-state index is 0.148. The first kappa shape index (κ1) is 15.9. The number of aromatic nitrogens is 1. The minimum Gasteiger partial charge on any atom is -0.392 e. The van der Waals surface area contributed by atoms with Crippen LogP contribution in [-0.2, 0) is 6.54 Å². The third kappa shape index (κ3) is 4.51. The van der Waals surface area contributed by atoms with E-state index in [1.54, 1.807) is 19.3 Å². The minimum atomic E-state index is -0.611. The fourth-order valence-corrected chi connectivity index (χ4v) is 2.39. The summed E-state index contributed by atoms with van der Waals surface area (Å²) in [6.07, 6.45) is 2.75. The standard InChI is InChI=1S/C16H20ClN3O/c1-11(21)15(18)16(13-5-3-2-4-6-13)20-9-12-7-14(17)10-19-8-12/h2-8,10-11,15-16,20-21H,9,18H2,1H3/t11-,15-,16?/m1/s1. The van der Waals surface area contributed by atoms with Crippen molar-refractivity contribution in [3.05, 3.63) is 64.9 Å². The van der Waals surface area contributed by atoms with E-state index in [4.69, 9.17) is 17.3 Å². The van der Waals surface area contributed by atoms with Gasteiger partial charge in [0.05, 0.1) is 17.2 Å². The first-order valence-electron chi connectivity index (χ1n) is 6.89. The van der Waals surface area contributed by atoms with Crippen LogP contribution in [0.2, 0.25) is 5.02 Å². The van der Waals surface area contributed by atoms with Crippen LogP contribution in [0.3, 0.4) is 0 Å². The predicted molar refractivity (Wildman–Crippen MR) is 84.9 cm³/mol. The van der Waals surface area contributed by atoms with Gasteiger partial charge in [-0.1, -0.05) is 41.9 Å². The van der Waals surface area contributed by atoms with Crippen molar-refractivity contribution >= 4 is 11.6 Å². The zero-order valence-electron chi connectivity index (χ0n) is 11.9. The Morgan fingerprint density at radius 3 is 2.62 bits per heavy atom. The van der Waals surface area contributed by atoms with E-state index < -0.39 is 12.1 Å². The fraction of sp³-hybridized carbons (Fsp3) is 0.312. The second-order valence-electron chi connectivity index (χ2n) is 5.10. The van der Waals surface area contributed by atoms with E-state index in [1.807, 2.05) is 36.4 Å². The molecular formula is C16H20ClN3O. The highest BCUT2D eigenvalue weighted by Gasteiger charge is 2.23. The number of nitrogens with zero attached hydrogens (tertiary/aromatic N) is 1. The van der Waals surface area contributed by atoms with Crippen molar-refractivity contribution in [1.82, 2.24) is 10.3 Å². The summed E-state index contributed by atoms with van der Waals surface area (Å²) in [5.74, 6) is 0. The summed E-state index contributed by atoms with van der Waals surface area (Å²) in [5, 5.41) is 13.8. The Morgan fingerprint density at radius 2 is 2.00 bits per heavy atom. The Labute approximate surface area is 130 Å². The predicted octanol–water partition coefficient (Wildman–Crippen LogP) is 2.27. The monoisotopic (exact) mass is 305 g/mol. The zero-order valence-corrected chi connectivity index (χ0v) is 12.7. The number of nitrogens with one attached hydrogen (secondary N) is 1. The lowest BCUT2D eigenvalue weighted by molar-refractivity contribution is 0.142. The van der Waals surface area contributed by atoms with Gasteiger partial charge in [-0.3, -0.25) is 4.98 Å². The van der Waals surface area contributed by atoms with Gasteiger partial charge in [-0.05, 0) is 24.1 Å². The van der Waals surface area contributed by atoms with E-state index in [0.29, 0.717) is 11.6 Å². The summed E-state index contributed by atoms with van der Waals surface area (Å²) < 4.78 is 0. The van der Waals surface area contributed by atoms with Crippen molar-refractivity contribution in [3.8, 4) is 0 Å². The number of halogens is 1. The van der Waals surface area contributed by atoms with Crippen LogP contribution in [0.5, 0.6) is 0 Å². The van der Waals surface area contributed by atoms with Crippen LogP contribution in [0.1, 0.15) is 24.1 Å². The Morgan fingerprint density at radius 1 is 1.29 bits per heavy atom. The number of pyridine rings is 1. The normalized spacial score (nSPS) is 15.4. The van der Waals surface area contributed by atoms with Crippen molar-refractivity contribution in [2.45, 2.75) is 31.7 Å². The Kier molecular flexibility index (Phi) is 5.70. The van der Waals surface area contributed by atoms with Crippen LogP contribution in [0.25, 0.3) is 0 Å². The Hall–Kier alpha value is -1.46. The number of aliphatic hydroxyl groups excluding tert-OH is 1. The van der Waals surface area contributed by atoms with E-state index >= 15 is 0 Å². The van der Waals surface area contributed by atoms with Crippen molar-refractivity contribution in [2.24, 2.45) is 5.73 Å². The third-order valence-corrected chi connectivity index (χ3v) is 3.59. The number of benzene rings is 1. The van der Waals surface area contributed by atoms with Crippen LogP contribution in [-0.4, -0.2) is 22.2 Å². The maximum atomic E-state index is 9.80. The molecule has 5 heteroatoms. The molecule has 0 fully saturated rings. The molecule has 0 bridgehead atoms. The summed E-state index contributed by atoms with van der Waals surface area (Å²) in [5.41, 5.74) is 8.15. The summed E-state index contributed by atoms with van der Waals surface area (Å²) in [4.78, 5) is 4.06. The van der Waals surface area contributed by atoms with Crippen LogP contribution in [0.15, 0.2) is 48.8 Å². The third-order valence-electron chi connectivity index (χ3n) is 3.39. The second kappa shape index (κ2) is 7.52. The van der Waals surface area contributed by atoms with Crippen molar-refractivity contribution in [1.29, 1.82) is 0 Å². The van der Waals surface area contributed by atoms with Gasteiger partial charge < -0.3 is 16.2 Å². The lowest BCUT2D eigenvalue weighted by Crippen LogP contribution is -2.44. The average molecular weight is 306 g/mol. The van der Waals surface area contributed by atoms with E-state index in [-0.39, 0.29) is 6.04 Å². The molecule has 0 aliphatic heterocycles. The number of nitrogens with two attached hydrogens (primary N) is 1. The van der Waals surface area contributed by atoms with Gasteiger partial charge in [-0.2, -0.15) is 0 Å². The van der Waals surface area contributed by atoms with Crippen molar-refractivity contribution in [3.63, 3.8) is 0 Å². The van der Waals surface area contributed by atoms with Gasteiger partial charge in [0.25, 0.3) is 0 Å². The molecule has 112 valence electrons. The largest absolute Gasteiger partial charge is 0.392 e. The lowest BCUT2D eigenvalue weighted by Gasteiger charge is -2.27. The molecular weight excluding hydrogens is 286 g/mol. The molecule has 3 atom stereocenters. The molecule has 4 nitrogen and oxygen atoms in total. The SMILES string of the molecule is C[C@@H](O)[C@@H](N)C(NCc1cncc(Cl)c1)c1ccccc1. The average Bonchev–Trinajstić information content (AvgIpc) is 2.48. The molecule has 1 heterocycles. The molecule has 0 spiro atoms. The molecule has 0 radical (unpaired) electrons. The first-order chi connectivity index (χ1) is 10.1. The van der Waals surface area contributed by atoms with Crippen LogP contribution in [0, 0.1) is 0 Å². The molecule has 0 saturated carbocycles. The molecule has 1 unspecified atom stereocenters. The highest BCUT2D eigenvalue weighted by atomic mass is 35.5. The molecule has 2 aromatic rings. The second-order valence-corrected chi connectivity index (χ2v) is 5.54. The highest BCUT2D eigenvalue weighted by molar-refractivity contribution is 6.30. The van der Waals surface area contributed by atoms with Gasteiger partial charge in [-0.15, -0.1) is 0 Å². The molecule has 0 saturated heterocycles.